The number of rotatable bonds is 11. The zero-order chi connectivity index (χ0) is 19.7. The van der Waals surface area contributed by atoms with Gasteiger partial charge in [0.25, 0.3) is 11.8 Å². The van der Waals surface area contributed by atoms with Gasteiger partial charge in [0, 0.05) is 32.2 Å². The molecule has 0 spiro atoms. The van der Waals surface area contributed by atoms with E-state index in [2.05, 4.69) is 5.32 Å². The van der Waals surface area contributed by atoms with Gasteiger partial charge in [0.05, 0.1) is 6.54 Å². The zero-order valence-electron chi connectivity index (χ0n) is 15.6. The molecule has 1 aliphatic rings. The molecular weight excluding hydrogens is 338 g/mol. The first-order chi connectivity index (χ1) is 12.3. The highest BCUT2D eigenvalue weighted by atomic mass is 16.2. The lowest BCUT2D eigenvalue weighted by atomic mass is 10.0. The number of aldehydes is 1. The summed E-state index contributed by atoms with van der Waals surface area (Å²) in [5, 5.41) is 2.49. The Bertz CT molecular complexity index is 567. The van der Waals surface area contributed by atoms with E-state index in [0.29, 0.717) is 32.1 Å². The van der Waals surface area contributed by atoms with Gasteiger partial charge >= 0.3 is 0 Å². The van der Waals surface area contributed by atoms with Gasteiger partial charge in [0.1, 0.15) is 12.3 Å². The number of carbonyl (C=O) groups is 5. The maximum absolute atomic E-state index is 12.3. The third kappa shape index (κ3) is 6.09. The van der Waals surface area contributed by atoms with Crippen molar-refractivity contribution in [2.45, 2.75) is 45.6 Å². The van der Waals surface area contributed by atoms with Gasteiger partial charge in [0.2, 0.25) is 11.8 Å². The Labute approximate surface area is 153 Å². The molecule has 4 amide bonds. The molecule has 1 rings (SSSR count). The van der Waals surface area contributed by atoms with Gasteiger partial charge in [-0.2, -0.15) is 0 Å². The number of carbonyl (C=O) groups excluding carboxylic acids is 5. The molecular formula is C18H27N3O5. The van der Waals surface area contributed by atoms with Crippen LogP contribution in [0.15, 0.2) is 12.2 Å². The first-order valence-electron chi connectivity index (χ1n) is 8.80. The summed E-state index contributed by atoms with van der Waals surface area (Å²) in [4.78, 5) is 60.3. The van der Waals surface area contributed by atoms with Crippen LogP contribution in [0.2, 0.25) is 0 Å². The van der Waals surface area contributed by atoms with Crippen molar-refractivity contribution in [1.82, 2.24) is 15.1 Å². The summed E-state index contributed by atoms with van der Waals surface area (Å²) >= 11 is 0. The number of likely N-dealkylation sites (N-methyl/N-ethyl adjacent to an activating group) is 1. The van der Waals surface area contributed by atoms with E-state index in [0.717, 1.165) is 0 Å². The van der Waals surface area contributed by atoms with Gasteiger partial charge < -0.3 is 15.0 Å². The molecule has 0 saturated carbocycles. The van der Waals surface area contributed by atoms with Crippen LogP contribution in [0.1, 0.15) is 39.5 Å². The zero-order valence-corrected chi connectivity index (χ0v) is 15.6. The quantitative estimate of drug-likeness (QED) is 0.322. The number of nitrogens with one attached hydrogen (secondary N) is 1. The van der Waals surface area contributed by atoms with Crippen molar-refractivity contribution in [3.8, 4) is 0 Å². The van der Waals surface area contributed by atoms with Gasteiger partial charge in [-0.3, -0.25) is 24.1 Å². The molecule has 8 nitrogen and oxygen atoms in total. The molecule has 1 unspecified atom stereocenters. The molecule has 1 aliphatic heterocycles. The third-order valence-corrected chi connectivity index (χ3v) is 4.24. The molecule has 26 heavy (non-hydrogen) atoms. The van der Waals surface area contributed by atoms with Crippen LogP contribution in [0.4, 0.5) is 0 Å². The Morgan fingerprint density at radius 2 is 1.77 bits per heavy atom. The van der Waals surface area contributed by atoms with E-state index in [-0.39, 0.29) is 42.5 Å². The Balaban J connectivity index is 2.38. The van der Waals surface area contributed by atoms with Crippen LogP contribution in [-0.2, 0) is 24.0 Å². The fraction of sp³-hybridized carbons (Fsp3) is 0.611. The van der Waals surface area contributed by atoms with Gasteiger partial charge in [-0.1, -0.05) is 20.3 Å². The average Bonchev–Trinajstić information content (AvgIpc) is 2.90. The summed E-state index contributed by atoms with van der Waals surface area (Å²) in [7, 11) is 1.58. The highest BCUT2D eigenvalue weighted by molar-refractivity contribution is 6.12. The SMILES string of the molecule is CC(C)C(C(=O)NCC=O)N(C)C(=O)CCCCCN1C(=O)C=CC1=O. The maximum atomic E-state index is 12.3. The molecule has 0 radical (unpaired) electrons. The summed E-state index contributed by atoms with van der Waals surface area (Å²) in [5.41, 5.74) is 0. The molecule has 0 bridgehead atoms. The minimum atomic E-state index is -0.631. The van der Waals surface area contributed by atoms with Crippen molar-refractivity contribution >= 4 is 29.9 Å². The summed E-state index contributed by atoms with van der Waals surface area (Å²) in [5.74, 6) is -1.18. The van der Waals surface area contributed by atoms with E-state index in [4.69, 9.17) is 0 Å². The highest BCUT2D eigenvalue weighted by Gasteiger charge is 2.29. The monoisotopic (exact) mass is 365 g/mol. The summed E-state index contributed by atoms with van der Waals surface area (Å²) < 4.78 is 0. The highest BCUT2D eigenvalue weighted by Crippen LogP contribution is 2.13. The van der Waals surface area contributed by atoms with Crippen LogP contribution < -0.4 is 5.32 Å². The molecule has 0 aromatic rings. The van der Waals surface area contributed by atoms with Crippen LogP contribution in [0.3, 0.4) is 0 Å². The van der Waals surface area contributed by atoms with Crippen LogP contribution in [-0.4, -0.2) is 65.9 Å². The molecule has 0 aliphatic carbocycles. The van der Waals surface area contributed by atoms with Crippen molar-refractivity contribution < 1.29 is 24.0 Å². The Hall–Kier alpha value is -2.51. The third-order valence-electron chi connectivity index (χ3n) is 4.24. The second-order valence-corrected chi connectivity index (χ2v) is 6.58. The predicted molar refractivity (Wildman–Crippen MR) is 94.8 cm³/mol. The fourth-order valence-electron chi connectivity index (χ4n) is 2.88. The van der Waals surface area contributed by atoms with Gasteiger partial charge in [-0.25, -0.2) is 0 Å². The van der Waals surface area contributed by atoms with E-state index in [1.54, 1.807) is 7.05 Å². The van der Waals surface area contributed by atoms with Crippen molar-refractivity contribution in [3.63, 3.8) is 0 Å². The largest absolute Gasteiger partial charge is 0.348 e. The van der Waals surface area contributed by atoms with E-state index >= 15 is 0 Å². The molecule has 1 N–H and O–H groups in total. The molecule has 0 fully saturated rings. The van der Waals surface area contributed by atoms with E-state index in [9.17, 15) is 24.0 Å². The number of nitrogens with zero attached hydrogens (tertiary/aromatic N) is 2. The minimum Gasteiger partial charge on any atom is -0.348 e. The van der Waals surface area contributed by atoms with Crippen LogP contribution in [0.25, 0.3) is 0 Å². The number of hydrogen-bond acceptors (Lipinski definition) is 5. The van der Waals surface area contributed by atoms with E-state index < -0.39 is 6.04 Å². The summed E-state index contributed by atoms with van der Waals surface area (Å²) in [6.07, 6.45) is 5.31. The average molecular weight is 365 g/mol. The Kier molecular flexibility index (Phi) is 8.67. The van der Waals surface area contributed by atoms with Crippen LogP contribution in [0.5, 0.6) is 0 Å². The van der Waals surface area contributed by atoms with Crippen molar-refractivity contribution in [2.75, 3.05) is 20.1 Å². The van der Waals surface area contributed by atoms with Crippen molar-refractivity contribution in [2.24, 2.45) is 5.92 Å². The number of imide groups is 1. The summed E-state index contributed by atoms with van der Waals surface area (Å²) in [6, 6.07) is -0.631. The Morgan fingerprint density at radius 3 is 2.31 bits per heavy atom. The normalized spacial score (nSPS) is 14.7. The number of unbranched alkanes of at least 4 members (excludes halogenated alkanes) is 2. The second kappa shape index (κ2) is 10.5. The summed E-state index contributed by atoms with van der Waals surface area (Å²) in [6.45, 7) is 3.95. The van der Waals surface area contributed by atoms with Crippen LogP contribution in [0, 0.1) is 5.92 Å². The Morgan fingerprint density at radius 1 is 1.15 bits per heavy atom. The second-order valence-electron chi connectivity index (χ2n) is 6.58. The molecule has 1 atom stereocenters. The van der Waals surface area contributed by atoms with Crippen LogP contribution >= 0.6 is 0 Å². The molecule has 144 valence electrons. The first-order valence-corrected chi connectivity index (χ1v) is 8.80. The lowest BCUT2D eigenvalue weighted by Gasteiger charge is -2.30. The predicted octanol–water partition coefficient (Wildman–Crippen LogP) is 0.270. The lowest BCUT2D eigenvalue weighted by molar-refractivity contribution is -0.140. The maximum Gasteiger partial charge on any atom is 0.253 e. The number of hydrogen-bond donors (Lipinski definition) is 1. The van der Waals surface area contributed by atoms with Gasteiger partial charge in [-0.05, 0) is 18.8 Å². The standard InChI is InChI=1S/C18H27N3O5/c1-13(2)17(18(26)19-10-12-22)20(3)14(23)7-5-4-6-11-21-15(24)8-9-16(21)25/h8-9,12-13,17H,4-7,10-11H2,1-3H3,(H,19,26). The molecule has 0 aromatic heterocycles. The minimum absolute atomic E-state index is 0.0765. The lowest BCUT2D eigenvalue weighted by Crippen LogP contribution is -2.50. The number of amides is 4. The smallest absolute Gasteiger partial charge is 0.253 e. The molecule has 0 saturated heterocycles. The van der Waals surface area contributed by atoms with Gasteiger partial charge in [0.15, 0.2) is 0 Å². The fourth-order valence-corrected chi connectivity index (χ4v) is 2.88. The van der Waals surface area contributed by atoms with Crippen molar-refractivity contribution in [3.05, 3.63) is 12.2 Å². The van der Waals surface area contributed by atoms with E-state index in [1.165, 1.54) is 22.0 Å². The molecule has 1 heterocycles. The topological polar surface area (TPSA) is 104 Å². The van der Waals surface area contributed by atoms with Crippen molar-refractivity contribution in [1.29, 1.82) is 0 Å². The first kappa shape index (κ1) is 21.5. The van der Waals surface area contributed by atoms with E-state index in [1.807, 2.05) is 13.8 Å². The van der Waals surface area contributed by atoms with Gasteiger partial charge in [-0.15, -0.1) is 0 Å². The molecule has 8 heteroatoms. The molecule has 0 aromatic carbocycles.